The molecule has 1 atom stereocenters. The lowest BCUT2D eigenvalue weighted by Gasteiger charge is -2.23. The number of fused-ring (bicyclic) bond motifs is 1. The van der Waals surface area contributed by atoms with E-state index in [1.807, 2.05) is 0 Å². The van der Waals surface area contributed by atoms with Crippen molar-refractivity contribution in [3.05, 3.63) is 59.7 Å². The fourth-order valence-corrected chi connectivity index (χ4v) is 3.36. The van der Waals surface area contributed by atoms with Gasteiger partial charge in [-0.25, -0.2) is 19.7 Å². The van der Waals surface area contributed by atoms with E-state index >= 15 is 0 Å². The normalized spacial score (nSPS) is 14.3. The number of aromatic nitrogens is 5. The average molecular weight is 449 g/mol. The highest BCUT2D eigenvalue weighted by Gasteiger charge is 2.41. The van der Waals surface area contributed by atoms with Crippen molar-refractivity contribution in [3.8, 4) is 5.95 Å². The first-order valence-electron chi connectivity index (χ1n) is 10.3. The second-order valence-electron chi connectivity index (χ2n) is 8.47. The fourth-order valence-electron chi connectivity index (χ4n) is 3.36. The largest absolute Gasteiger partial charge is 0.443 e. The van der Waals surface area contributed by atoms with Gasteiger partial charge in [0.25, 0.3) is 23.7 Å². The Labute approximate surface area is 190 Å². The number of amides is 3. The molecule has 1 aromatic carbocycles. The lowest BCUT2D eigenvalue weighted by molar-refractivity contribution is 0.0571. The van der Waals surface area contributed by atoms with Crippen LogP contribution in [0.25, 0.3) is 5.95 Å². The third-order valence-corrected chi connectivity index (χ3v) is 4.92. The minimum Gasteiger partial charge on any atom is -0.443 e. The summed E-state index contributed by atoms with van der Waals surface area (Å²) in [5.74, 6) is -0.481. The van der Waals surface area contributed by atoms with Gasteiger partial charge in [0.2, 0.25) is 0 Å². The summed E-state index contributed by atoms with van der Waals surface area (Å²) in [5, 5.41) is 4.38. The first kappa shape index (κ1) is 22.1. The topological polar surface area (TPSA) is 123 Å². The van der Waals surface area contributed by atoms with Crippen LogP contribution in [0.1, 0.15) is 60.3 Å². The molecule has 0 saturated heterocycles. The van der Waals surface area contributed by atoms with Crippen LogP contribution in [0.3, 0.4) is 0 Å². The summed E-state index contributed by atoms with van der Waals surface area (Å²) in [5.41, 5.74) is -0.0721. The number of benzene rings is 1. The van der Waals surface area contributed by atoms with Crippen LogP contribution >= 0.6 is 0 Å². The maximum Gasteiger partial charge on any atom is 0.416 e. The molecular weight excluding hydrogens is 426 g/mol. The molecule has 11 nitrogen and oxygen atoms in total. The van der Waals surface area contributed by atoms with Crippen molar-refractivity contribution in [3.63, 3.8) is 0 Å². The van der Waals surface area contributed by atoms with E-state index in [2.05, 4.69) is 20.1 Å². The minimum absolute atomic E-state index is 0.00941. The maximum atomic E-state index is 13.0. The van der Waals surface area contributed by atoms with Crippen LogP contribution in [0.5, 0.6) is 0 Å². The van der Waals surface area contributed by atoms with Gasteiger partial charge in [-0.1, -0.05) is 12.1 Å². The van der Waals surface area contributed by atoms with Crippen molar-refractivity contribution in [2.24, 2.45) is 0 Å². The lowest BCUT2D eigenvalue weighted by atomic mass is 10.1. The van der Waals surface area contributed by atoms with Crippen LogP contribution in [0, 0.1) is 0 Å². The Bertz CT molecular complexity index is 1200. The second kappa shape index (κ2) is 8.08. The van der Waals surface area contributed by atoms with Crippen molar-refractivity contribution in [1.29, 1.82) is 0 Å². The van der Waals surface area contributed by atoms with E-state index in [9.17, 15) is 14.4 Å². The van der Waals surface area contributed by atoms with E-state index in [-0.39, 0.29) is 17.7 Å². The molecule has 0 bridgehead atoms. The molecule has 3 aromatic rings. The zero-order valence-corrected chi connectivity index (χ0v) is 18.9. The second-order valence-corrected chi connectivity index (χ2v) is 8.47. The minimum atomic E-state index is -0.825. The van der Waals surface area contributed by atoms with Crippen molar-refractivity contribution in [2.75, 3.05) is 11.9 Å². The van der Waals surface area contributed by atoms with Crippen LogP contribution in [0.4, 0.5) is 10.7 Å². The molecule has 1 aliphatic rings. The zero-order valence-electron chi connectivity index (χ0n) is 18.9. The summed E-state index contributed by atoms with van der Waals surface area (Å²) < 4.78 is 6.70. The monoisotopic (exact) mass is 449 g/mol. The third-order valence-electron chi connectivity index (χ3n) is 4.92. The molecule has 0 radical (unpaired) electrons. The predicted octanol–water partition coefficient (Wildman–Crippen LogP) is 2.79. The van der Waals surface area contributed by atoms with Crippen molar-refractivity contribution in [1.82, 2.24) is 29.6 Å². The molecule has 1 unspecified atom stereocenters. The Kier molecular flexibility index (Phi) is 5.40. The molecule has 1 aliphatic heterocycles. The maximum absolute atomic E-state index is 13.0. The van der Waals surface area contributed by atoms with Gasteiger partial charge in [-0.3, -0.25) is 14.5 Å². The molecule has 0 aliphatic carbocycles. The Balaban J connectivity index is 1.75. The van der Waals surface area contributed by atoms with Gasteiger partial charge in [0.1, 0.15) is 5.60 Å². The molecule has 33 heavy (non-hydrogen) atoms. The van der Waals surface area contributed by atoms with E-state index in [0.29, 0.717) is 11.1 Å². The highest BCUT2D eigenvalue weighted by molar-refractivity contribution is 6.21. The van der Waals surface area contributed by atoms with Gasteiger partial charge >= 0.3 is 6.09 Å². The van der Waals surface area contributed by atoms with Gasteiger partial charge in [-0.15, -0.1) is 5.10 Å². The van der Waals surface area contributed by atoms with Gasteiger partial charge in [0.15, 0.2) is 5.82 Å². The fraction of sp³-hybridized carbons (Fsp3) is 0.318. The van der Waals surface area contributed by atoms with Crippen LogP contribution in [0.2, 0.25) is 0 Å². The van der Waals surface area contributed by atoms with E-state index in [1.165, 1.54) is 24.1 Å². The molecular formula is C22H23N7O4. The summed E-state index contributed by atoms with van der Waals surface area (Å²) in [6.07, 6.45) is 2.39. The van der Waals surface area contributed by atoms with Crippen LogP contribution in [0.15, 0.2) is 42.7 Å². The quantitative estimate of drug-likeness (QED) is 0.557. The summed E-state index contributed by atoms with van der Waals surface area (Å²) in [4.78, 5) is 53.7. The number of ether oxygens (including phenoxy) is 1. The number of carbonyl (C=O) groups excluding carboxylic acids is 3. The van der Waals surface area contributed by atoms with E-state index in [1.54, 1.807) is 58.0 Å². The SMILES string of the molecule is CC(c1nc(N(C)C(=O)OC(C)(C)C)nn1-c1ncccn1)N1C(=O)c2ccccc2C1=O. The third kappa shape index (κ3) is 4.04. The summed E-state index contributed by atoms with van der Waals surface area (Å²) >= 11 is 0. The molecule has 3 amide bonds. The molecule has 2 aromatic heterocycles. The Morgan fingerprint density at radius 3 is 2.15 bits per heavy atom. The molecule has 3 heterocycles. The van der Waals surface area contributed by atoms with Crippen molar-refractivity contribution < 1.29 is 19.1 Å². The standard InChI is InChI=1S/C22H23N7O4/c1-13(28-17(30)14-9-6-7-10-15(14)18(28)31)16-25-20(27(5)21(32)33-22(2,3)4)26-29(16)19-23-11-8-12-24-19/h6-13H,1-5H3. The first-order chi connectivity index (χ1) is 15.6. The highest BCUT2D eigenvalue weighted by atomic mass is 16.6. The lowest BCUT2D eigenvalue weighted by Crippen LogP contribution is -2.35. The smallest absolute Gasteiger partial charge is 0.416 e. The summed E-state index contributed by atoms with van der Waals surface area (Å²) in [6.45, 7) is 6.90. The number of anilines is 1. The Morgan fingerprint density at radius 2 is 1.61 bits per heavy atom. The van der Waals surface area contributed by atoms with Gasteiger partial charge in [-0.2, -0.15) is 9.67 Å². The van der Waals surface area contributed by atoms with E-state index < -0.39 is 29.6 Å². The number of rotatable bonds is 4. The Morgan fingerprint density at radius 1 is 1.03 bits per heavy atom. The average Bonchev–Trinajstić information content (AvgIpc) is 3.33. The first-order valence-corrected chi connectivity index (χ1v) is 10.3. The number of imide groups is 1. The summed E-state index contributed by atoms with van der Waals surface area (Å²) in [7, 11) is 1.47. The zero-order chi connectivity index (χ0) is 23.9. The molecule has 0 N–H and O–H groups in total. The number of carbonyl (C=O) groups is 3. The Hall–Kier alpha value is -4.15. The van der Waals surface area contributed by atoms with Crippen LogP contribution in [-0.4, -0.2) is 60.2 Å². The van der Waals surface area contributed by atoms with E-state index in [0.717, 1.165) is 9.80 Å². The molecule has 0 fully saturated rings. The van der Waals surface area contributed by atoms with Crippen molar-refractivity contribution in [2.45, 2.75) is 39.3 Å². The van der Waals surface area contributed by atoms with Crippen molar-refractivity contribution >= 4 is 23.9 Å². The number of hydrogen-bond donors (Lipinski definition) is 0. The molecule has 4 rings (SSSR count). The van der Waals surface area contributed by atoms with Gasteiger partial charge in [-0.05, 0) is 45.9 Å². The number of hydrogen-bond acceptors (Lipinski definition) is 8. The van der Waals surface area contributed by atoms with E-state index in [4.69, 9.17) is 4.74 Å². The van der Waals surface area contributed by atoms with Gasteiger partial charge in [0, 0.05) is 19.4 Å². The summed E-state index contributed by atoms with van der Waals surface area (Å²) in [6, 6.07) is 7.43. The highest BCUT2D eigenvalue weighted by Crippen LogP contribution is 2.31. The van der Waals surface area contributed by atoms with Crippen LogP contribution < -0.4 is 4.90 Å². The molecule has 0 spiro atoms. The predicted molar refractivity (Wildman–Crippen MR) is 117 cm³/mol. The van der Waals surface area contributed by atoms with Gasteiger partial charge < -0.3 is 4.74 Å². The van der Waals surface area contributed by atoms with Crippen LogP contribution in [-0.2, 0) is 4.74 Å². The van der Waals surface area contributed by atoms with Gasteiger partial charge in [0.05, 0.1) is 17.2 Å². The molecule has 11 heteroatoms. The number of nitrogens with zero attached hydrogens (tertiary/aromatic N) is 7. The molecule has 170 valence electrons. The molecule has 0 saturated carbocycles.